The molecule has 0 bridgehead atoms. The third-order valence-electron chi connectivity index (χ3n) is 4.27. The molecule has 2 aromatic rings. The molecule has 2 heterocycles. The first-order chi connectivity index (χ1) is 11.6. The minimum Gasteiger partial charge on any atom is -0.342 e. The molecule has 1 aliphatic heterocycles. The Morgan fingerprint density at radius 1 is 1.33 bits per heavy atom. The number of rotatable bonds is 5. The monoisotopic (exact) mass is 380 g/mol. The quantitative estimate of drug-likeness (QED) is 0.692. The minimum atomic E-state index is 0.210. The molecule has 3 rings (SSSR count). The molecule has 3 nitrogen and oxygen atoms in total. The summed E-state index contributed by atoms with van der Waals surface area (Å²) in [5.41, 5.74) is 2.11. The van der Waals surface area contributed by atoms with Gasteiger partial charge in [0.05, 0.1) is 12.1 Å². The number of thiazole rings is 1. The van der Waals surface area contributed by atoms with Crippen molar-refractivity contribution in [1.29, 1.82) is 0 Å². The van der Waals surface area contributed by atoms with Crippen LogP contribution in [-0.4, -0.2) is 28.9 Å². The molecule has 1 amide bonds. The number of nitrogens with zero attached hydrogens (tertiary/aromatic N) is 2. The molecule has 128 valence electrons. The molecule has 1 aromatic carbocycles. The fourth-order valence-corrected chi connectivity index (χ4v) is 4.61. The molecular weight excluding hydrogens is 360 g/mol. The third kappa shape index (κ3) is 4.98. The van der Waals surface area contributed by atoms with Gasteiger partial charge in [0.15, 0.2) is 0 Å². The average molecular weight is 381 g/mol. The van der Waals surface area contributed by atoms with Gasteiger partial charge in [-0.3, -0.25) is 4.79 Å². The third-order valence-corrected chi connectivity index (χ3v) is 6.67. The lowest BCUT2D eigenvalue weighted by atomic mass is 9.99. The number of aromatic nitrogens is 1. The van der Waals surface area contributed by atoms with Gasteiger partial charge in [-0.15, -0.1) is 11.3 Å². The molecule has 1 aliphatic rings. The van der Waals surface area contributed by atoms with E-state index >= 15 is 0 Å². The predicted molar refractivity (Wildman–Crippen MR) is 102 cm³/mol. The Morgan fingerprint density at radius 3 is 2.75 bits per heavy atom. The zero-order valence-electron chi connectivity index (χ0n) is 13.7. The van der Waals surface area contributed by atoms with E-state index in [1.54, 1.807) is 23.1 Å². The van der Waals surface area contributed by atoms with E-state index in [1.807, 2.05) is 34.5 Å². The molecule has 0 aliphatic carbocycles. The Balaban J connectivity index is 1.50. The van der Waals surface area contributed by atoms with Crippen LogP contribution in [0, 0.1) is 5.92 Å². The zero-order chi connectivity index (χ0) is 16.9. The van der Waals surface area contributed by atoms with E-state index < -0.39 is 0 Å². The van der Waals surface area contributed by atoms with Crippen LogP contribution in [0.1, 0.15) is 31.0 Å². The molecule has 0 N–H and O–H groups in total. The number of piperidine rings is 1. The maximum absolute atomic E-state index is 12.4. The number of halogens is 1. The van der Waals surface area contributed by atoms with Crippen molar-refractivity contribution < 1.29 is 4.79 Å². The molecule has 0 atom stereocenters. The number of likely N-dealkylation sites (tertiary alicyclic amines) is 1. The average Bonchev–Trinajstić information content (AvgIpc) is 3.02. The number of benzene rings is 1. The standard InChI is InChI=1S/C18H21ClN2OS2/c1-13-6-8-21(9-7-13)17(22)10-16-12-24-18(20-16)23-11-14-2-4-15(19)5-3-14/h2-5,12-13H,6-11H2,1H3. The van der Waals surface area contributed by atoms with Gasteiger partial charge in [0, 0.05) is 29.2 Å². The first-order valence-corrected chi connectivity index (χ1v) is 10.4. The second-order valence-electron chi connectivity index (χ2n) is 6.26. The largest absolute Gasteiger partial charge is 0.342 e. The lowest BCUT2D eigenvalue weighted by Gasteiger charge is -2.30. The molecule has 24 heavy (non-hydrogen) atoms. The SMILES string of the molecule is CC1CCN(C(=O)Cc2csc(SCc3ccc(Cl)cc3)n2)CC1. The first kappa shape index (κ1) is 17.8. The van der Waals surface area contributed by atoms with Crippen molar-refractivity contribution in [2.75, 3.05) is 13.1 Å². The van der Waals surface area contributed by atoms with E-state index in [0.29, 0.717) is 6.42 Å². The van der Waals surface area contributed by atoms with E-state index in [4.69, 9.17) is 11.6 Å². The van der Waals surface area contributed by atoms with Crippen molar-refractivity contribution in [2.24, 2.45) is 5.92 Å². The van der Waals surface area contributed by atoms with Crippen LogP contribution in [0.5, 0.6) is 0 Å². The highest BCUT2D eigenvalue weighted by molar-refractivity contribution is 8.00. The van der Waals surface area contributed by atoms with E-state index in [-0.39, 0.29) is 5.91 Å². The summed E-state index contributed by atoms with van der Waals surface area (Å²) in [6.45, 7) is 4.04. The number of carbonyl (C=O) groups excluding carboxylic acids is 1. The molecule has 0 saturated carbocycles. The lowest BCUT2D eigenvalue weighted by Crippen LogP contribution is -2.38. The summed E-state index contributed by atoms with van der Waals surface area (Å²) in [4.78, 5) is 19.0. The smallest absolute Gasteiger partial charge is 0.228 e. The zero-order valence-corrected chi connectivity index (χ0v) is 16.1. The van der Waals surface area contributed by atoms with Gasteiger partial charge in [0.1, 0.15) is 4.34 Å². The van der Waals surface area contributed by atoms with Gasteiger partial charge in [-0.2, -0.15) is 0 Å². The highest BCUT2D eigenvalue weighted by Gasteiger charge is 2.21. The number of thioether (sulfide) groups is 1. The van der Waals surface area contributed by atoms with Crippen LogP contribution in [0.15, 0.2) is 34.0 Å². The highest BCUT2D eigenvalue weighted by Crippen LogP contribution is 2.27. The van der Waals surface area contributed by atoms with Gasteiger partial charge < -0.3 is 4.90 Å². The van der Waals surface area contributed by atoms with Gasteiger partial charge >= 0.3 is 0 Å². The van der Waals surface area contributed by atoms with Crippen molar-refractivity contribution in [3.63, 3.8) is 0 Å². The Morgan fingerprint density at radius 2 is 2.04 bits per heavy atom. The Labute approximate surface area is 156 Å². The van der Waals surface area contributed by atoms with Crippen molar-refractivity contribution in [2.45, 2.75) is 36.3 Å². The van der Waals surface area contributed by atoms with Crippen LogP contribution < -0.4 is 0 Å². The van der Waals surface area contributed by atoms with Crippen LogP contribution in [0.4, 0.5) is 0 Å². The van der Waals surface area contributed by atoms with Crippen molar-refractivity contribution in [3.8, 4) is 0 Å². The van der Waals surface area contributed by atoms with Crippen molar-refractivity contribution in [3.05, 3.63) is 45.9 Å². The Hall–Kier alpha value is -1.04. The summed E-state index contributed by atoms with van der Waals surface area (Å²) in [6, 6.07) is 7.88. The Bertz CT molecular complexity index is 679. The van der Waals surface area contributed by atoms with Crippen molar-refractivity contribution >= 4 is 40.6 Å². The number of hydrogen-bond donors (Lipinski definition) is 0. The summed E-state index contributed by atoms with van der Waals surface area (Å²) in [5, 5.41) is 2.76. The Kier molecular flexibility index (Phi) is 6.19. The maximum atomic E-state index is 12.4. The predicted octanol–water partition coefficient (Wildman–Crippen LogP) is 4.89. The van der Waals surface area contributed by atoms with Gasteiger partial charge in [-0.25, -0.2) is 4.98 Å². The van der Waals surface area contributed by atoms with Crippen LogP contribution in [0.2, 0.25) is 5.02 Å². The van der Waals surface area contributed by atoms with E-state index in [9.17, 15) is 4.79 Å². The van der Waals surface area contributed by atoms with Gasteiger partial charge in [-0.05, 0) is 36.5 Å². The molecule has 0 unspecified atom stereocenters. The van der Waals surface area contributed by atoms with Gasteiger partial charge in [0.25, 0.3) is 0 Å². The summed E-state index contributed by atoms with van der Waals surface area (Å²) in [7, 11) is 0. The molecule has 0 radical (unpaired) electrons. The van der Waals surface area contributed by atoms with Gasteiger partial charge in [0.2, 0.25) is 5.91 Å². The maximum Gasteiger partial charge on any atom is 0.228 e. The number of carbonyl (C=O) groups is 1. The normalized spacial score (nSPS) is 15.7. The van der Waals surface area contributed by atoms with Crippen LogP contribution in [0.3, 0.4) is 0 Å². The number of amides is 1. The topological polar surface area (TPSA) is 33.2 Å². The van der Waals surface area contributed by atoms with E-state index in [0.717, 1.165) is 52.7 Å². The van der Waals surface area contributed by atoms with Crippen LogP contribution in [-0.2, 0) is 17.0 Å². The van der Waals surface area contributed by atoms with E-state index in [1.165, 1.54) is 5.56 Å². The fraction of sp³-hybridized carbons (Fsp3) is 0.444. The molecule has 0 spiro atoms. The lowest BCUT2D eigenvalue weighted by molar-refractivity contribution is -0.131. The van der Waals surface area contributed by atoms with Crippen LogP contribution in [0.25, 0.3) is 0 Å². The number of hydrogen-bond acceptors (Lipinski definition) is 4. The van der Waals surface area contributed by atoms with Crippen molar-refractivity contribution in [1.82, 2.24) is 9.88 Å². The first-order valence-electron chi connectivity index (χ1n) is 8.19. The minimum absolute atomic E-state index is 0.210. The second kappa shape index (κ2) is 8.37. The molecule has 1 fully saturated rings. The molecule has 1 aromatic heterocycles. The molecular formula is C18H21ClN2OS2. The molecule has 6 heteroatoms. The second-order valence-corrected chi connectivity index (χ2v) is 8.78. The summed E-state index contributed by atoms with van der Waals surface area (Å²) in [5.74, 6) is 1.81. The summed E-state index contributed by atoms with van der Waals surface area (Å²) >= 11 is 9.22. The molecule has 1 saturated heterocycles. The van der Waals surface area contributed by atoms with Crippen LogP contribution >= 0.6 is 34.7 Å². The van der Waals surface area contributed by atoms with E-state index in [2.05, 4.69) is 11.9 Å². The highest BCUT2D eigenvalue weighted by atomic mass is 35.5. The summed E-state index contributed by atoms with van der Waals surface area (Å²) < 4.78 is 1.01. The summed E-state index contributed by atoms with van der Waals surface area (Å²) in [6.07, 6.45) is 2.66. The fourth-order valence-electron chi connectivity index (χ4n) is 2.69. The van der Waals surface area contributed by atoms with Gasteiger partial charge in [-0.1, -0.05) is 42.4 Å².